The van der Waals surface area contributed by atoms with Crippen LogP contribution in [0.4, 0.5) is 0 Å². The second-order valence-electron chi connectivity index (χ2n) is 2.73. The van der Waals surface area contributed by atoms with Crippen molar-refractivity contribution in [2.24, 2.45) is 11.5 Å². The zero-order chi connectivity index (χ0) is 8.15. The first-order chi connectivity index (χ1) is 4.52. The minimum atomic E-state index is -0.830. The molecular weight excluding hydrogens is 148 g/mol. The summed E-state index contributed by atoms with van der Waals surface area (Å²) in [7, 11) is -0.830. The van der Waals surface area contributed by atoms with Gasteiger partial charge in [0.1, 0.15) is 0 Å². The van der Waals surface area contributed by atoms with Crippen molar-refractivity contribution in [2.75, 3.05) is 11.5 Å². The molecular formula is C6H16N2OS. The van der Waals surface area contributed by atoms with E-state index in [2.05, 4.69) is 0 Å². The minimum absolute atomic E-state index is 0.0135. The molecule has 0 aromatic carbocycles. The first kappa shape index (κ1) is 10.1. The highest BCUT2D eigenvalue weighted by Gasteiger charge is 2.04. The fourth-order valence-corrected chi connectivity index (χ4v) is 1.96. The normalized spacial score (nSPS) is 20.0. The van der Waals surface area contributed by atoms with Gasteiger partial charge in [-0.1, -0.05) is 0 Å². The Morgan fingerprint density at radius 3 is 1.70 bits per heavy atom. The topological polar surface area (TPSA) is 69.1 Å². The van der Waals surface area contributed by atoms with E-state index in [0.717, 1.165) is 0 Å². The minimum Gasteiger partial charge on any atom is -0.327 e. The fourth-order valence-electron chi connectivity index (χ4n) is 0.654. The number of rotatable bonds is 4. The summed E-state index contributed by atoms with van der Waals surface area (Å²) in [5.74, 6) is 1.11. The molecule has 0 aromatic rings. The van der Waals surface area contributed by atoms with Crippen LogP contribution in [-0.4, -0.2) is 27.8 Å². The molecule has 0 aliphatic carbocycles. The van der Waals surface area contributed by atoms with Crippen molar-refractivity contribution in [1.82, 2.24) is 0 Å². The van der Waals surface area contributed by atoms with Crippen LogP contribution in [0, 0.1) is 0 Å². The lowest BCUT2D eigenvalue weighted by Gasteiger charge is -2.06. The quantitative estimate of drug-likeness (QED) is 0.584. The SMILES string of the molecule is CC(N)CS(=O)CC(C)N. The Hall–Kier alpha value is 0.0700. The first-order valence-electron chi connectivity index (χ1n) is 3.38. The second kappa shape index (κ2) is 4.82. The first-order valence-corrected chi connectivity index (χ1v) is 4.87. The van der Waals surface area contributed by atoms with E-state index < -0.39 is 10.8 Å². The van der Waals surface area contributed by atoms with Crippen molar-refractivity contribution in [3.8, 4) is 0 Å². The van der Waals surface area contributed by atoms with Crippen molar-refractivity contribution in [1.29, 1.82) is 0 Å². The number of hydrogen-bond donors (Lipinski definition) is 2. The molecule has 0 fully saturated rings. The van der Waals surface area contributed by atoms with Gasteiger partial charge in [0.25, 0.3) is 0 Å². The molecule has 0 bridgehead atoms. The predicted molar refractivity (Wildman–Crippen MR) is 45.2 cm³/mol. The zero-order valence-electron chi connectivity index (χ0n) is 6.54. The van der Waals surface area contributed by atoms with Crippen molar-refractivity contribution < 1.29 is 4.21 Å². The van der Waals surface area contributed by atoms with Crippen LogP contribution in [0.15, 0.2) is 0 Å². The van der Waals surface area contributed by atoms with Crippen molar-refractivity contribution >= 4 is 10.8 Å². The monoisotopic (exact) mass is 164 g/mol. The third kappa shape index (κ3) is 6.19. The van der Waals surface area contributed by atoms with Gasteiger partial charge in [-0.25, -0.2) is 0 Å². The zero-order valence-corrected chi connectivity index (χ0v) is 7.36. The van der Waals surface area contributed by atoms with Crippen LogP contribution in [0.25, 0.3) is 0 Å². The van der Waals surface area contributed by atoms with Gasteiger partial charge >= 0.3 is 0 Å². The molecule has 0 saturated heterocycles. The van der Waals surface area contributed by atoms with E-state index in [1.165, 1.54) is 0 Å². The summed E-state index contributed by atoms with van der Waals surface area (Å²) in [6.45, 7) is 3.69. The molecule has 2 unspecified atom stereocenters. The summed E-state index contributed by atoms with van der Waals surface area (Å²) in [6.07, 6.45) is 0. The van der Waals surface area contributed by atoms with Gasteiger partial charge in [-0.05, 0) is 13.8 Å². The number of nitrogens with two attached hydrogens (primary N) is 2. The van der Waals surface area contributed by atoms with Crippen LogP contribution in [-0.2, 0) is 10.8 Å². The van der Waals surface area contributed by atoms with E-state index in [-0.39, 0.29) is 12.1 Å². The van der Waals surface area contributed by atoms with Gasteiger partial charge in [0.2, 0.25) is 0 Å². The summed E-state index contributed by atoms with van der Waals surface area (Å²) >= 11 is 0. The van der Waals surface area contributed by atoms with Crippen LogP contribution >= 0.6 is 0 Å². The Bertz CT molecular complexity index is 102. The average molecular weight is 164 g/mol. The maximum atomic E-state index is 11.0. The molecule has 10 heavy (non-hydrogen) atoms. The van der Waals surface area contributed by atoms with Gasteiger partial charge in [0.05, 0.1) is 0 Å². The van der Waals surface area contributed by atoms with E-state index in [1.807, 2.05) is 13.8 Å². The van der Waals surface area contributed by atoms with E-state index >= 15 is 0 Å². The predicted octanol–water partition coefficient (Wildman–Crippen LogP) is -0.570. The van der Waals surface area contributed by atoms with Crippen LogP contribution in [0.2, 0.25) is 0 Å². The molecule has 0 amide bonds. The molecule has 62 valence electrons. The standard InChI is InChI=1S/C6H16N2OS/c1-5(7)3-10(9)4-6(2)8/h5-6H,3-4,7-8H2,1-2H3. The molecule has 0 saturated carbocycles. The Morgan fingerprint density at radius 2 is 1.50 bits per heavy atom. The molecule has 2 atom stereocenters. The highest BCUT2D eigenvalue weighted by atomic mass is 32.2. The Morgan fingerprint density at radius 1 is 1.20 bits per heavy atom. The molecule has 4 heteroatoms. The summed E-state index contributed by atoms with van der Waals surface area (Å²) in [5, 5.41) is 0. The highest BCUT2D eigenvalue weighted by molar-refractivity contribution is 7.85. The van der Waals surface area contributed by atoms with Gasteiger partial charge < -0.3 is 11.5 Å². The van der Waals surface area contributed by atoms with Gasteiger partial charge in [-0.3, -0.25) is 4.21 Å². The van der Waals surface area contributed by atoms with E-state index in [0.29, 0.717) is 11.5 Å². The summed E-state index contributed by atoms with van der Waals surface area (Å²) in [5.41, 5.74) is 10.9. The van der Waals surface area contributed by atoms with E-state index in [9.17, 15) is 4.21 Å². The van der Waals surface area contributed by atoms with E-state index in [1.54, 1.807) is 0 Å². The van der Waals surface area contributed by atoms with Crippen LogP contribution in [0.1, 0.15) is 13.8 Å². The van der Waals surface area contributed by atoms with Crippen molar-refractivity contribution in [3.63, 3.8) is 0 Å². The third-order valence-electron chi connectivity index (χ3n) is 0.898. The largest absolute Gasteiger partial charge is 0.327 e. The molecule has 0 heterocycles. The van der Waals surface area contributed by atoms with Crippen molar-refractivity contribution in [2.45, 2.75) is 25.9 Å². The molecule has 0 radical (unpaired) electrons. The molecule has 0 rings (SSSR count). The molecule has 0 aliphatic rings. The average Bonchev–Trinajstić information content (AvgIpc) is 1.58. The lowest BCUT2D eigenvalue weighted by molar-refractivity contribution is 0.670. The number of hydrogen-bond acceptors (Lipinski definition) is 3. The molecule has 3 nitrogen and oxygen atoms in total. The van der Waals surface area contributed by atoms with Gasteiger partial charge in [0.15, 0.2) is 0 Å². The summed E-state index contributed by atoms with van der Waals surface area (Å²) in [4.78, 5) is 0. The molecule has 0 spiro atoms. The maximum Gasteiger partial charge on any atom is 0.0384 e. The van der Waals surface area contributed by atoms with Crippen LogP contribution < -0.4 is 11.5 Å². The Balaban J connectivity index is 3.44. The Kier molecular flexibility index (Phi) is 4.85. The lowest BCUT2D eigenvalue weighted by atomic mass is 10.4. The summed E-state index contributed by atoms with van der Waals surface area (Å²) in [6, 6.07) is 0.0270. The third-order valence-corrected chi connectivity index (χ3v) is 2.69. The summed E-state index contributed by atoms with van der Waals surface area (Å²) < 4.78 is 11.0. The van der Waals surface area contributed by atoms with Gasteiger partial charge in [0, 0.05) is 34.4 Å². The van der Waals surface area contributed by atoms with Gasteiger partial charge in [-0.15, -0.1) is 0 Å². The van der Waals surface area contributed by atoms with Crippen LogP contribution in [0.3, 0.4) is 0 Å². The van der Waals surface area contributed by atoms with E-state index in [4.69, 9.17) is 11.5 Å². The highest BCUT2D eigenvalue weighted by Crippen LogP contribution is 1.88. The van der Waals surface area contributed by atoms with Crippen LogP contribution in [0.5, 0.6) is 0 Å². The molecule has 0 aromatic heterocycles. The Labute approximate surface area is 64.6 Å². The molecule has 0 aliphatic heterocycles. The fraction of sp³-hybridized carbons (Fsp3) is 1.00. The maximum absolute atomic E-state index is 11.0. The van der Waals surface area contributed by atoms with Crippen molar-refractivity contribution in [3.05, 3.63) is 0 Å². The lowest BCUT2D eigenvalue weighted by Crippen LogP contribution is -2.30. The smallest absolute Gasteiger partial charge is 0.0384 e. The molecule has 4 N–H and O–H groups in total. The second-order valence-corrected chi connectivity index (χ2v) is 4.27. The van der Waals surface area contributed by atoms with Gasteiger partial charge in [-0.2, -0.15) is 0 Å².